The Balaban J connectivity index is 4.63. The number of nitrogens with zero attached hydrogens (tertiary/aromatic N) is 1. The minimum absolute atomic E-state index is 0.384. The fourth-order valence-electron chi connectivity index (χ4n) is 2.76. The van der Waals surface area contributed by atoms with Crippen LogP contribution in [0.5, 0.6) is 0 Å². The Bertz CT molecular complexity index is 311. The van der Waals surface area contributed by atoms with Crippen molar-refractivity contribution in [1.82, 2.24) is 0 Å². The topological polar surface area (TPSA) is 60.4 Å². The summed E-state index contributed by atoms with van der Waals surface area (Å²) in [4.78, 5) is 11.2. The van der Waals surface area contributed by atoms with E-state index >= 15 is 0 Å². The van der Waals surface area contributed by atoms with Gasteiger partial charge in [-0.2, -0.15) is 0 Å². The summed E-state index contributed by atoms with van der Waals surface area (Å²) in [5.41, 5.74) is 0. The molecule has 0 bridgehead atoms. The summed E-state index contributed by atoms with van der Waals surface area (Å²) in [7, 11) is 0. The van der Waals surface area contributed by atoms with Crippen molar-refractivity contribution in [1.29, 1.82) is 0 Å². The Morgan fingerprint density at radius 1 is 1.14 bits per heavy atom. The number of allylic oxidation sites excluding steroid dienone is 2. The van der Waals surface area contributed by atoms with Crippen molar-refractivity contribution in [3.05, 3.63) is 12.2 Å². The highest BCUT2D eigenvalue weighted by molar-refractivity contribution is 5.67. The van der Waals surface area contributed by atoms with Crippen LogP contribution in [0, 0.1) is 5.92 Å². The first-order chi connectivity index (χ1) is 9.94. The molecule has 0 spiro atoms. The van der Waals surface area contributed by atoms with Crippen LogP contribution < -0.4 is 5.11 Å². The van der Waals surface area contributed by atoms with E-state index in [-0.39, 0.29) is 6.10 Å². The second kappa shape index (κ2) is 10.8. The molecule has 4 nitrogen and oxygen atoms in total. The van der Waals surface area contributed by atoms with Crippen LogP contribution >= 0.6 is 0 Å². The van der Waals surface area contributed by atoms with Crippen molar-refractivity contribution in [2.75, 3.05) is 26.2 Å². The molecule has 0 amide bonds. The van der Waals surface area contributed by atoms with Crippen LogP contribution in [0.4, 0.5) is 0 Å². The van der Waals surface area contributed by atoms with Gasteiger partial charge in [0.05, 0.1) is 25.6 Å². The normalized spacial score (nSPS) is 15.3. The van der Waals surface area contributed by atoms with Gasteiger partial charge in [-0.3, -0.25) is 0 Å². The summed E-state index contributed by atoms with van der Waals surface area (Å²) in [6.45, 7) is 10.9. The third-order valence-electron chi connectivity index (χ3n) is 4.44. The number of carbonyl (C=O) groups is 1. The summed E-state index contributed by atoms with van der Waals surface area (Å²) >= 11 is 0. The molecule has 2 atom stereocenters. The maximum Gasteiger partial charge on any atom is 0.105 e. The fraction of sp³-hybridized carbons (Fsp3) is 0.824. The third kappa shape index (κ3) is 7.63. The van der Waals surface area contributed by atoms with Crippen LogP contribution in [-0.2, 0) is 4.79 Å². The Hall–Kier alpha value is -0.870. The lowest BCUT2D eigenvalue weighted by Gasteiger charge is -2.41. The zero-order valence-corrected chi connectivity index (χ0v) is 14.2. The fourth-order valence-corrected chi connectivity index (χ4v) is 2.76. The van der Waals surface area contributed by atoms with Crippen LogP contribution in [-0.4, -0.2) is 47.8 Å². The summed E-state index contributed by atoms with van der Waals surface area (Å²) in [5.74, 6) is -1.40. The van der Waals surface area contributed by atoms with Gasteiger partial charge in [0, 0.05) is 5.92 Å². The van der Waals surface area contributed by atoms with E-state index < -0.39 is 11.9 Å². The molecule has 4 heteroatoms. The van der Waals surface area contributed by atoms with Gasteiger partial charge < -0.3 is 19.5 Å². The summed E-state index contributed by atoms with van der Waals surface area (Å²) < 4.78 is 0.644. The van der Waals surface area contributed by atoms with Crippen LogP contribution in [0.15, 0.2) is 12.2 Å². The predicted molar refractivity (Wildman–Crippen MR) is 84.5 cm³/mol. The summed E-state index contributed by atoms with van der Waals surface area (Å²) in [6, 6.07) is 0. The first-order valence-electron chi connectivity index (χ1n) is 8.33. The minimum atomic E-state index is -0.970. The van der Waals surface area contributed by atoms with Gasteiger partial charge in [0.25, 0.3) is 0 Å². The van der Waals surface area contributed by atoms with Crippen molar-refractivity contribution in [3.63, 3.8) is 0 Å². The average Bonchev–Trinajstić information content (AvgIpc) is 2.47. The maximum absolute atomic E-state index is 11.2. The first-order valence-corrected chi connectivity index (χ1v) is 8.33. The van der Waals surface area contributed by atoms with Gasteiger partial charge in [-0.25, -0.2) is 0 Å². The average molecular weight is 299 g/mol. The van der Waals surface area contributed by atoms with Gasteiger partial charge in [0.1, 0.15) is 12.6 Å². The standard InChI is InChI=1S/C17H33NO3/c1-5-9-10-11-12-16(19)14-18(7-3,8-4)13-15(6-2)17(20)21/h9-10,15-16,19H,5-8,11-14H2,1-4H3/b10-9+. The van der Waals surface area contributed by atoms with Crippen LogP contribution in [0.1, 0.15) is 53.4 Å². The minimum Gasteiger partial charge on any atom is -0.550 e. The Labute approximate surface area is 130 Å². The molecule has 0 rings (SSSR count). The molecular formula is C17H33NO3. The quantitative estimate of drug-likeness (QED) is 0.441. The third-order valence-corrected chi connectivity index (χ3v) is 4.44. The van der Waals surface area contributed by atoms with Crippen molar-refractivity contribution in [2.45, 2.75) is 59.5 Å². The molecule has 1 N–H and O–H groups in total. The second-order valence-electron chi connectivity index (χ2n) is 5.87. The highest BCUT2D eigenvalue weighted by atomic mass is 16.4. The highest BCUT2D eigenvalue weighted by Crippen LogP contribution is 2.16. The summed E-state index contributed by atoms with van der Waals surface area (Å²) in [6.07, 6.45) is 7.04. The number of aliphatic carboxylic acids is 1. The Morgan fingerprint density at radius 3 is 2.19 bits per heavy atom. The van der Waals surface area contributed by atoms with E-state index in [0.717, 1.165) is 32.4 Å². The van der Waals surface area contributed by atoms with Gasteiger partial charge in [-0.15, -0.1) is 0 Å². The van der Waals surface area contributed by atoms with E-state index in [1.54, 1.807) is 0 Å². The van der Waals surface area contributed by atoms with Crippen molar-refractivity contribution >= 4 is 5.97 Å². The summed E-state index contributed by atoms with van der Waals surface area (Å²) in [5, 5.41) is 21.4. The van der Waals surface area contributed by atoms with E-state index in [1.807, 2.05) is 6.92 Å². The van der Waals surface area contributed by atoms with Crippen LogP contribution in [0.25, 0.3) is 0 Å². The van der Waals surface area contributed by atoms with E-state index in [9.17, 15) is 15.0 Å². The van der Waals surface area contributed by atoms with Gasteiger partial charge in [-0.05, 0) is 39.5 Å². The first kappa shape index (κ1) is 20.1. The number of carboxylic acid groups (broad SMARTS) is 1. The van der Waals surface area contributed by atoms with Crippen molar-refractivity contribution in [2.24, 2.45) is 5.92 Å². The molecule has 0 aromatic carbocycles. The number of likely N-dealkylation sites (N-methyl/N-ethyl adjacent to an activating group) is 1. The number of hydrogen-bond acceptors (Lipinski definition) is 3. The molecule has 0 aromatic heterocycles. The number of hydrogen-bond donors (Lipinski definition) is 1. The molecule has 124 valence electrons. The predicted octanol–water partition coefficient (Wildman–Crippen LogP) is 1.73. The lowest BCUT2D eigenvalue weighted by Crippen LogP contribution is -2.56. The Morgan fingerprint density at radius 2 is 1.76 bits per heavy atom. The molecule has 0 fully saturated rings. The van der Waals surface area contributed by atoms with Gasteiger partial charge in [0.15, 0.2) is 0 Å². The smallest absolute Gasteiger partial charge is 0.105 e. The number of aliphatic hydroxyl groups is 1. The van der Waals surface area contributed by atoms with E-state index in [4.69, 9.17) is 0 Å². The zero-order chi connectivity index (χ0) is 16.3. The zero-order valence-electron chi connectivity index (χ0n) is 14.2. The molecule has 0 heterocycles. The monoisotopic (exact) mass is 299 g/mol. The molecule has 0 saturated carbocycles. The highest BCUT2D eigenvalue weighted by Gasteiger charge is 2.30. The number of aliphatic hydroxyl groups excluding tert-OH is 1. The molecule has 0 aromatic rings. The molecule has 0 aliphatic carbocycles. The molecular weight excluding hydrogens is 266 g/mol. The maximum atomic E-state index is 11.2. The van der Waals surface area contributed by atoms with Crippen LogP contribution in [0.2, 0.25) is 0 Å². The molecule has 2 unspecified atom stereocenters. The molecule has 21 heavy (non-hydrogen) atoms. The Kier molecular flexibility index (Phi) is 10.4. The number of quaternary nitrogens is 1. The number of carbonyl (C=O) groups excluding carboxylic acids is 1. The largest absolute Gasteiger partial charge is 0.550 e. The molecule has 0 radical (unpaired) electrons. The van der Waals surface area contributed by atoms with Gasteiger partial charge >= 0.3 is 0 Å². The molecule has 0 aliphatic rings. The second-order valence-corrected chi connectivity index (χ2v) is 5.87. The van der Waals surface area contributed by atoms with Crippen molar-refractivity contribution in [3.8, 4) is 0 Å². The van der Waals surface area contributed by atoms with Gasteiger partial charge in [0.2, 0.25) is 0 Å². The van der Waals surface area contributed by atoms with Crippen molar-refractivity contribution < 1.29 is 19.5 Å². The van der Waals surface area contributed by atoms with E-state index in [1.165, 1.54) is 0 Å². The van der Waals surface area contributed by atoms with Gasteiger partial charge in [-0.1, -0.05) is 26.0 Å². The van der Waals surface area contributed by atoms with E-state index in [0.29, 0.717) is 24.0 Å². The SMILES string of the molecule is CC/C=C/CCC(O)C[N+](CC)(CC)CC(CC)C(=O)[O-]. The van der Waals surface area contributed by atoms with Crippen LogP contribution in [0.3, 0.4) is 0 Å². The number of carboxylic acids is 1. The lowest BCUT2D eigenvalue weighted by atomic mass is 10.0. The lowest BCUT2D eigenvalue weighted by molar-refractivity contribution is -0.930. The number of rotatable bonds is 12. The molecule has 0 aliphatic heterocycles. The van der Waals surface area contributed by atoms with E-state index in [2.05, 4.69) is 32.9 Å². The molecule has 0 saturated heterocycles.